The number of benzene rings is 3. The molecule has 0 aromatic heterocycles. The van der Waals surface area contributed by atoms with Gasteiger partial charge in [-0.15, -0.1) is 0 Å². The predicted molar refractivity (Wildman–Crippen MR) is 144 cm³/mol. The molecule has 0 bridgehead atoms. The number of ether oxygens (including phenoxy) is 1. The van der Waals surface area contributed by atoms with Crippen LogP contribution in [0.2, 0.25) is 0 Å². The highest BCUT2D eigenvalue weighted by molar-refractivity contribution is 5.89. The van der Waals surface area contributed by atoms with Crippen molar-refractivity contribution in [2.75, 3.05) is 38.7 Å². The Morgan fingerprint density at radius 1 is 1.00 bits per heavy atom. The Bertz CT molecular complexity index is 1180. The molecule has 2 heterocycles. The first-order valence-corrected chi connectivity index (χ1v) is 12.8. The fourth-order valence-electron chi connectivity index (χ4n) is 5.78. The number of aliphatic hydroxyl groups excluding tert-OH is 1. The molecule has 0 radical (unpaired) electrons. The van der Waals surface area contributed by atoms with Crippen molar-refractivity contribution >= 4 is 11.7 Å². The fraction of sp³-hybridized carbons (Fsp3) is 0.367. The number of nitrogens with one attached hydrogen (secondary N) is 1. The van der Waals surface area contributed by atoms with Gasteiger partial charge in [-0.2, -0.15) is 0 Å². The van der Waals surface area contributed by atoms with E-state index in [1.54, 1.807) is 7.11 Å². The van der Waals surface area contributed by atoms with Gasteiger partial charge >= 0.3 is 6.03 Å². The molecule has 2 amide bonds. The summed E-state index contributed by atoms with van der Waals surface area (Å²) in [7, 11) is 1.63. The number of carbonyl (C=O) groups is 1. The zero-order chi connectivity index (χ0) is 25.1. The van der Waals surface area contributed by atoms with E-state index in [0.717, 1.165) is 37.4 Å². The number of nitrogens with zero attached hydrogens (tertiary/aromatic N) is 2. The molecular weight excluding hydrogens is 450 g/mol. The van der Waals surface area contributed by atoms with E-state index in [0.29, 0.717) is 6.54 Å². The Hall–Kier alpha value is -3.35. The summed E-state index contributed by atoms with van der Waals surface area (Å²) >= 11 is 0. The second-order valence-corrected chi connectivity index (χ2v) is 9.83. The molecule has 2 aliphatic rings. The lowest BCUT2D eigenvalue weighted by atomic mass is 9.74. The molecule has 0 unspecified atom stereocenters. The molecule has 0 aliphatic carbocycles. The molecular formula is C30H35N3O3. The first-order chi connectivity index (χ1) is 17.6. The van der Waals surface area contributed by atoms with Crippen LogP contribution in [0, 0.1) is 6.92 Å². The van der Waals surface area contributed by atoms with Crippen molar-refractivity contribution in [2.24, 2.45) is 0 Å². The minimum Gasteiger partial charge on any atom is -0.497 e. The molecule has 2 N–H and O–H groups in total. The van der Waals surface area contributed by atoms with Crippen LogP contribution in [-0.4, -0.2) is 66.4 Å². The summed E-state index contributed by atoms with van der Waals surface area (Å²) in [6.07, 6.45) is 1.96. The molecule has 0 saturated carbocycles. The van der Waals surface area contributed by atoms with Gasteiger partial charge in [0.2, 0.25) is 0 Å². The van der Waals surface area contributed by atoms with E-state index in [1.807, 2.05) is 29.2 Å². The average Bonchev–Trinajstić information content (AvgIpc) is 2.89. The summed E-state index contributed by atoms with van der Waals surface area (Å²) < 4.78 is 5.22. The topological polar surface area (TPSA) is 65.0 Å². The third kappa shape index (κ3) is 4.84. The number of anilines is 1. The van der Waals surface area contributed by atoms with Crippen LogP contribution in [0.25, 0.3) is 11.1 Å². The monoisotopic (exact) mass is 485 g/mol. The zero-order valence-electron chi connectivity index (χ0n) is 21.1. The Balaban J connectivity index is 1.33. The maximum atomic E-state index is 13.2. The van der Waals surface area contributed by atoms with Gasteiger partial charge in [-0.05, 0) is 72.8 Å². The fourth-order valence-corrected chi connectivity index (χ4v) is 5.78. The number of aryl methyl sites for hydroxylation is 1. The van der Waals surface area contributed by atoms with Gasteiger partial charge in [0.25, 0.3) is 0 Å². The average molecular weight is 486 g/mol. The summed E-state index contributed by atoms with van der Waals surface area (Å²) in [6.45, 7) is 4.59. The van der Waals surface area contributed by atoms with E-state index in [-0.39, 0.29) is 30.6 Å². The molecule has 3 atom stereocenters. The van der Waals surface area contributed by atoms with Gasteiger partial charge in [0.1, 0.15) is 5.75 Å². The van der Waals surface area contributed by atoms with Crippen LogP contribution in [0.15, 0.2) is 72.8 Å². The number of carbonyl (C=O) groups excluding carboxylic acids is 1. The second kappa shape index (κ2) is 10.7. The standard InChI is InChI=1S/C30H35N3O3/c1-21-7-3-4-8-26(21)22-9-11-23(12-10-22)29-27-19-32(17-5-6-18-33(27)28(29)20-34)30(35)31-24-13-15-25(36-2)16-14-24/h3-4,7-16,27-29,34H,5-6,17-20H2,1-2H3,(H,31,35)/t27-,28+,29+/m1/s1. The molecule has 2 aliphatic heterocycles. The van der Waals surface area contributed by atoms with E-state index in [2.05, 4.69) is 65.7 Å². The predicted octanol–water partition coefficient (Wildman–Crippen LogP) is 5.13. The summed E-state index contributed by atoms with van der Waals surface area (Å²) in [6, 6.07) is 24.8. The Morgan fingerprint density at radius 3 is 2.42 bits per heavy atom. The van der Waals surface area contributed by atoms with E-state index >= 15 is 0 Å². The van der Waals surface area contributed by atoms with Crippen molar-refractivity contribution in [1.82, 2.24) is 9.80 Å². The van der Waals surface area contributed by atoms with Gasteiger partial charge in [-0.1, -0.05) is 48.5 Å². The quantitative estimate of drug-likeness (QED) is 0.526. The highest BCUT2D eigenvalue weighted by Gasteiger charge is 2.49. The van der Waals surface area contributed by atoms with E-state index in [9.17, 15) is 9.90 Å². The van der Waals surface area contributed by atoms with Crippen molar-refractivity contribution in [2.45, 2.75) is 37.8 Å². The highest BCUT2D eigenvalue weighted by atomic mass is 16.5. The second-order valence-electron chi connectivity index (χ2n) is 9.83. The molecule has 0 spiro atoms. The SMILES string of the molecule is COc1ccc(NC(=O)N2CCCCN3[C@H](C2)[C@H](c2ccc(-c4ccccc4C)cc2)[C@@H]3CO)cc1. The normalized spacial score (nSPS) is 22.1. The summed E-state index contributed by atoms with van der Waals surface area (Å²) in [5.74, 6) is 0.950. The molecule has 5 rings (SSSR count). The number of fused-ring (bicyclic) bond motifs is 1. The number of rotatable bonds is 5. The van der Waals surface area contributed by atoms with Crippen LogP contribution < -0.4 is 10.1 Å². The molecule has 6 heteroatoms. The Labute approximate surface area is 213 Å². The first-order valence-electron chi connectivity index (χ1n) is 12.8. The van der Waals surface area contributed by atoms with Crippen molar-refractivity contribution in [3.05, 3.63) is 83.9 Å². The van der Waals surface area contributed by atoms with Crippen LogP contribution in [0.3, 0.4) is 0 Å². The van der Waals surface area contributed by atoms with Crippen LogP contribution >= 0.6 is 0 Å². The minimum atomic E-state index is -0.0804. The van der Waals surface area contributed by atoms with Gasteiger partial charge in [-0.3, -0.25) is 4.90 Å². The molecule has 2 fully saturated rings. The largest absolute Gasteiger partial charge is 0.497 e. The van der Waals surface area contributed by atoms with Crippen molar-refractivity contribution in [3.63, 3.8) is 0 Å². The van der Waals surface area contributed by atoms with E-state index in [1.165, 1.54) is 22.3 Å². The maximum absolute atomic E-state index is 13.2. The molecule has 6 nitrogen and oxygen atoms in total. The molecule has 36 heavy (non-hydrogen) atoms. The lowest BCUT2D eigenvalue weighted by molar-refractivity contribution is -0.0585. The molecule has 3 aromatic rings. The van der Waals surface area contributed by atoms with Crippen LogP contribution in [0.4, 0.5) is 10.5 Å². The Kier molecular flexibility index (Phi) is 7.25. The lowest BCUT2D eigenvalue weighted by Gasteiger charge is -2.57. The lowest BCUT2D eigenvalue weighted by Crippen LogP contribution is -2.68. The third-order valence-electron chi connectivity index (χ3n) is 7.75. The van der Waals surface area contributed by atoms with Crippen molar-refractivity contribution < 1.29 is 14.6 Å². The molecule has 2 saturated heterocycles. The summed E-state index contributed by atoms with van der Waals surface area (Å²) in [4.78, 5) is 17.5. The van der Waals surface area contributed by atoms with Crippen molar-refractivity contribution in [3.8, 4) is 16.9 Å². The molecule has 3 aromatic carbocycles. The number of aliphatic hydroxyl groups is 1. The number of methoxy groups -OCH3 is 1. The van der Waals surface area contributed by atoms with E-state index < -0.39 is 0 Å². The minimum absolute atomic E-state index is 0.0804. The van der Waals surface area contributed by atoms with Gasteiger partial charge in [0, 0.05) is 36.8 Å². The van der Waals surface area contributed by atoms with Crippen molar-refractivity contribution in [1.29, 1.82) is 0 Å². The third-order valence-corrected chi connectivity index (χ3v) is 7.75. The number of hydrogen-bond acceptors (Lipinski definition) is 4. The Morgan fingerprint density at radius 2 is 1.72 bits per heavy atom. The smallest absolute Gasteiger partial charge is 0.321 e. The number of amides is 2. The number of hydrogen-bond donors (Lipinski definition) is 2. The summed E-state index contributed by atoms with van der Waals surface area (Å²) in [5.41, 5.74) is 5.68. The van der Waals surface area contributed by atoms with Crippen LogP contribution in [0.5, 0.6) is 5.75 Å². The zero-order valence-corrected chi connectivity index (χ0v) is 21.1. The number of urea groups is 1. The maximum Gasteiger partial charge on any atom is 0.321 e. The highest BCUT2D eigenvalue weighted by Crippen LogP contribution is 2.42. The summed E-state index contributed by atoms with van der Waals surface area (Å²) in [5, 5.41) is 13.3. The first kappa shape index (κ1) is 24.3. The van der Waals surface area contributed by atoms with Gasteiger partial charge in [-0.25, -0.2) is 4.79 Å². The van der Waals surface area contributed by atoms with E-state index in [4.69, 9.17) is 4.74 Å². The van der Waals surface area contributed by atoms with Crippen LogP contribution in [-0.2, 0) is 0 Å². The molecule has 188 valence electrons. The van der Waals surface area contributed by atoms with Crippen LogP contribution in [0.1, 0.15) is 29.9 Å². The van der Waals surface area contributed by atoms with Gasteiger partial charge in [0.15, 0.2) is 0 Å². The van der Waals surface area contributed by atoms with Gasteiger partial charge in [0.05, 0.1) is 13.7 Å². The van der Waals surface area contributed by atoms with Gasteiger partial charge < -0.3 is 20.1 Å².